The first-order valence-electron chi connectivity index (χ1n) is 7.16. The molecule has 1 aliphatic carbocycles. The van der Waals surface area contributed by atoms with Gasteiger partial charge in [-0.05, 0) is 37.7 Å². The van der Waals surface area contributed by atoms with Gasteiger partial charge in [0.05, 0.1) is 5.88 Å². The number of piperidine rings is 1. The Hall–Kier alpha value is -0.760. The van der Waals surface area contributed by atoms with E-state index in [1.54, 1.807) is 0 Å². The van der Waals surface area contributed by atoms with E-state index in [1.165, 1.54) is 44.1 Å². The van der Waals surface area contributed by atoms with Crippen molar-refractivity contribution in [2.45, 2.75) is 50.4 Å². The second-order valence-electron chi connectivity index (χ2n) is 5.57. The van der Waals surface area contributed by atoms with Crippen LogP contribution in [0.4, 0.5) is 5.82 Å². The summed E-state index contributed by atoms with van der Waals surface area (Å²) in [6, 6.07) is 4.81. The van der Waals surface area contributed by atoms with Crippen molar-refractivity contribution in [3.63, 3.8) is 0 Å². The summed E-state index contributed by atoms with van der Waals surface area (Å²) in [5.74, 6) is 2.60. The van der Waals surface area contributed by atoms with Crippen LogP contribution in [-0.2, 0) is 5.88 Å². The molecule has 18 heavy (non-hydrogen) atoms. The van der Waals surface area contributed by atoms with Gasteiger partial charge in [0, 0.05) is 24.3 Å². The van der Waals surface area contributed by atoms with Crippen LogP contribution in [0.3, 0.4) is 0 Å². The molecule has 2 fully saturated rings. The van der Waals surface area contributed by atoms with Gasteiger partial charge in [0.15, 0.2) is 0 Å². The Bertz CT molecular complexity index is 405. The quantitative estimate of drug-likeness (QED) is 0.751. The van der Waals surface area contributed by atoms with Crippen LogP contribution in [-0.4, -0.2) is 17.6 Å². The van der Waals surface area contributed by atoms with Crippen molar-refractivity contribution in [2.75, 3.05) is 11.4 Å². The first-order valence-corrected chi connectivity index (χ1v) is 7.70. The van der Waals surface area contributed by atoms with Gasteiger partial charge in [-0.2, -0.15) is 0 Å². The molecule has 0 N–H and O–H groups in total. The smallest absolute Gasteiger partial charge is 0.133 e. The van der Waals surface area contributed by atoms with Gasteiger partial charge >= 0.3 is 0 Å². The third-order valence-electron chi connectivity index (χ3n) is 4.53. The molecule has 1 saturated carbocycles. The molecule has 0 bridgehead atoms. The van der Waals surface area contributed by atoms with Crippen LogP contribution in [0.5, 0.6) is 0 Å². The summed E-state index contributed by atoms with van der Waals surface area (Å²) in [6.07, 6.45) is 10.1. The van der Waals surface area contributed by atoms with Crippen LogP contribution < -0.4 is 4.90 Å². The Morgan fingerprint density at radius 1 is 1.22 bits per heavy atom. The summed E-state index contributed by atoms with van der Waals surface area (Å²) >= 11 is 6.06. The topological polar surface area (TPSA) is 16.1 Å². The van der Waals surface area contributed by atoms with Gasteiger partial charge in [-0.15, -0.1) is 11.6 Å². The number of anilines is 1. The van der Waals surface area contributed by atoms with E-state index in [9.17, 15) is 0 Å². The van der Waals surface area contributed by atoms with Crippen molar-refractivity contribution in [1.29, 1.82) is 0 Å². The number of nitrogens with zero attached hydrogens (tertiary/aromatic N) is 2. The Kier molecular flexibility index (Phi) is 3.74. The molecule has 98 valence electrons. The summed E-state index contributed by atoms with van der Waals surface area (Å²) < 4.78 is 0. The Morgan fingerprint density at radius 2 is 2.06 bits per heavy atom. The number of fused-ring (bicyclic) bond motifs is 1. The van der Waals surface area contributed by atoms with Gasteiger partial charge in [-0.25, -0.2) is 4.98 Å². The Balaban J connectivity index is 1.89. The van der Waals surface area contributed by atoms with Crippen LogP contribution >= 0.6 is 11.6 Å². The van der Waals surface area contributed by atoms with E-state index < -0.39 is 0 Å². The van der Waals surface area contributed by atoms with Crippen LogP contribution in [0, 0.1) is 5.92 Å². The fourth-order valence-electron chi connectivity index (χ4n) is 3.68. The lowest BCUT2D eigenvalue weighted by Gasteiger charge is -2.45. The highest BCUT2D eigenvalue weighted by molar-refractivity contribution is 6.17. The van der Waals surface area contributed by atoms with E-state index in [2.05, 4.69) is 16.0 Å². The standard InChI is InChI=1S/C15H21ClN2/c16-11-13-6-3-9-17-15(13)18-10-4-7-12-5-1-2-8-14(12)18/h3,6,9,12,14H,1-2,4-5,7-8,10-11H2/t12-,14-/m1/s1. The lowest BCUT2D eigenvalue weighted by molar-refractivity contribution is 0.242. The average molecular weight is 265 g/mol. The largest absolute Gasteiger partial charge is 0.353 e. The molecule has 0 radical (unpaired) electrons. The minimum absolute atomic E-state index is 0.567. The van der Waals surface area contributed by atoms with Crippen LogP contribution in [0.25, 0.3) is 0 Å². The average Bonchev–Trinajstić information content (AvgIpc) is 2.46. The zero-order valence-corrected chi connectivity index (χ0v) is 11.6. The van der Waals surface area contributed by atoms with E-state index >= 15 is 0 Å². The minimum Gasteiger partial charge on any atom is -0.353 e. The minimum atomic E-state index is 0.567. The first-order chi connectivity index (χ1) is 8.90. The fourth-order valence-corrected chi connectivity index (χ4v) is 3.89. The number of pyridine rings is 1. The van der Waals surface area contributed by atoms with E-state index in [0.29, 0.717) is 11.9 Å². The molecule has 1 saturated heterocycles. The van der Waals surface area contributed by atoms with Gasteiger partial charge in [0.25, 0.3) is 0 Å². The maximum Gasteiger partial charge on any atom is 0.133 e. The summed E-state index contributed by atoms with van der Waals surface area (Å²) in [6.45, 7) is 1.15. The monoisotopic (exact) mass is 264 g/mol. The predicted octanol–water partition coefficient (Wildman–Crippen LogP) is 3.98. The molecule has 2 nitrogen and oxygen atoms in total. The second-order valence-corrected chi connectivity index (χ2v) is 5.83. The number of hydrogen-bond donors (Lipinski definition) is 0. The van der Waals surface area contributed by atoms with Gasteiger partial charge < -0.3 is 4.90 Å². The molecule has 2 aliphatic rings. The maximum absolute atomic E-state index is 6.06. The Labute approximate surface area is 114 Å². The van der Waals surface area contributed by atoms with Gasteiger partial charge in [0.2, 0.25) is 0 Å². The summed E-state index contributed by atoms with van der Waals surface area (Å²) in [5, 5.41) is 0. The maximum atomic E-state index is 6.06. The number of hydrogen-bond acceptors (Lipinski definition) is 2. The molecule has 0 amide bonds. The molecule has 3 heteroatoms. The number of aromatic nitrogens is 1. The normalized spacial score (nSPS) is 27.9. The SMILES string of the molecule is ClCc1cccnc1N1CCC[C@H]2CCCC[C@H]21. The summed E-state index contributed by atoms with van der Waals surface area (Å²) in [5.41, 5.74) is 1.19. The van der Waals surface area contributed by atoms with Crippen LogP contribution in [0.15, 0.2) is 18.3 Å². The molecule has 0 unspecified atom stereocenters. The molecule has 1 aliphatic heterocycles. The molecule has 1 aromatic heterocycles. The number of alkyl halides is 1. The van der Waals surface area contributed by atoms with E-state index in [-0.39, 0.29) is 0 Å². The van der Waals surface area contributed by atoms with Crippen molar-refractivity contribution >= 4 is 17.4 Å². The van der Waals surface area contributed by atoms with Crippen molar-refractivity contribution in [1.82, 2.24) is 4.98 Å². The van der Waals surface area contributed by atoms with Crippen molar-refractivity contribution < 1.29 is 0 Å². The highest BCUT2D eigenvalue weighted by atomic mass is 35.5. The molecular formula is C15H21ClN2. The van der Waals surface area contributed by atoms with Gasteiger partial charge in [-0.1, -0.05) is 18.9 Å². The van der Waals surface area contributed by atoms with E-state index in [1.807, 2.05) is 12.3 Å². The summed E-state index contributed by atoms with van der Waals surface area (Å²) in [4.78, 5) is 7.15. The molecular weight excluding hydrogens is 244 g/mol. The van der Waals surface area contributed by atoms with Gasteiger partial charge in [-0.3, -0.25) is 0 Å². The lowest BCUT2D eigenvalue weighted by atomic mass is 9.78. The third-order valence-corrected chi connectivity index (χ3v) is 4.81. The molecule has 1 aromatic rings. The Morgan fingerprint density at radius 3 is 2.94 bits per heavy atom. The predicted molar refractivity (Wildman–Crippen MR) is 76.1 cm³/mol. The van der Waals surface area contributed by atoms with Crippen molar-refractivity contribution in [2.24, 2.45) is 5.92 Å². The highest BCUT2D eigenvalue weighted by Crippen LogP contribution is 2.38. The lowest BCUT2D eigenvalue weighted by Crippen LogP contribution is -2.47. The number of rotatable bonds is 2. The molecule has 2 heterocycles. The molecule has 0 aromatic carbocycles. The van der Waals surface area contributed by atoms with Crippen molar-refractivity contribution in [3.8, 4) is 0 Å². The van der Waals surface area contributed by atoms with E-state index in [4.69, 9.17) is 11.6 Å². The second kappa shape index (κ2) is 5.48. The number of halogens is 1. The van der Waals surface area contributed by atoms with Crippen LogP contribution in [0.2, 0.25) is 0 Å². The zero-order valence-electron chi connectivity index (χ0n) is 10.8. The molecule has 2 atom stereocenters. The van der Waals surface area contributed by atoms with Crippen LogP contribution in [0.1, 0.15) is 44.1 Å². The molecule has 0 spiro atoms. The fraction of sp³-hybridized carbons (Fsp3) is 0.667. The van der Waals surface area contributed by atoms with Crippen molar-refractivity contribution in [3.05, 3.63) is 23.9 Å². The zero-order chi connectivity index (χ0) is 12.4. The van der Waals surface area contributed by atoms with E-state index in [0.717, 1.165) is 18.3 Å². The van der Waals surface area contributed by atoms with Gasteiger partial charge in [0.1, 0.15) is 5.82 Å². The summed E-state index contributed by atoms with van der Waals surface area (Å²) in [7, 11) is 0. The highest BCUT2D eigenvalue weighted by Gasteiger charge is 2.34. The molecule has 3 rings (SSSR count). The third kappa shape index (κ3) is 2.23. The first kappa shape index (κ1) is 12.3.